The third-order valence-corrected chi connectivity index (χ3v) is 39.8. The van der Waals surface area contributed by atoms with E-state index in [1.807, 2.05) is 0 Å². The van der Waals surface area contributed by atoms with E-state index in [-0.39, 0.29) is 196 Å². The molecule has 14 rings (SSSR count). The number of carboxylic acid groups (broad SMARTS) is 5. The van der Waals surface area contributed by atoms with Crippen molar-refractivity contribution < 1.29 is 156 Å². The lowest BCUT2D eigenvalue weighted by molar-refractivity contribution is -0.145. The summed E-state index contributed by atoms with van der Waals surface area (Å²) in [6.45, 7) is 2.31. The van der Waals surface area contributed by atoms with Crippen molar-refractivity contribution in [2.75, 3.05) is 132 Å². The second-order valence-electron chi connectivity index (χ2n) is 40.3. The van der Waals surface area contributed by atoms with Crippen LogP contribution in [0, 0.1) is 35.5 Å². The van der Waals surface area contributed by atoms with Gasteiger partial charge in [0, 0.05) is 195 Å². The Bertz CT molecular complexity index is 4610. The fourth-order valence-electron chi connectivity index (χ4n) is 20.5. The number of nitrogens with zero attached hydrogens (tertiary/aromatic N) is 10. The fourth-order valence-corrected chi connectivity index (χ4v) is 30.7. The van der Waals surface area contributed by atoms with E-state index in [1.54, 1.807) is 0 Å². The standard InChI is InChI=1S/C16H32BN5O6S.C16H31BN4O7S.C15H29BN4O7S.C15H29BN4O6S.C13H27BN4O7S/c18-13-8-14(13)22(12-3-6-20-7-4-12)29(27,28)21-9-11(2-1-5-17(25)26)16(19,10-21)15(23)24;18-13-8-14(13)21(12-3-6-28-7-4-12)29(26,27)20-9-11(2-1-5-17(24)25)16(19,10-20)15(22)23;17-12-6-13(12)20(11-3-5-27-8-11)28(25,26)19-7-10(2-1-4-16(23)24)15(18,9-19)14(21)22;17-12-6-13(12)20(7-10-3-4-10)27(25,26)19-8-11(2-1-5-16(23)24)15(18,9-19)14(21)22;1-17(11-7-25-6-10(11)15)26(23,24)18-5-9(3-2-4-14(21)22)13(16,8-18)12(19)20/h11-14,20,25-26H,1-10,18-19H2,(H,23,24);11-14,24-25H,1-10,18-19H2,(H,22,23);10-13,23-24H,1-9,17-18H2,(H,21,22);10-13,23-24H,1-9,17-18H2,(H,21,22);9-11,21-22H,2-8,15-16H2,1H3,(H,19,20)/t2*11-,13?,14?,16-;10-,11?,12?,13?,15-;11-,12?,13?,15-;9-,10?,11?,13-/m00000/s1. The van der Waals surface area contributed by atoms with Crippen LogP contribution in [0.3, 0.4) is 0 Å². The molecule has 9 heterocycles. The maximum Gasteiger partial charge on any atom is 0.451 e. The number of carboxylic acids is 5. The summed E-state index contributed by atoms with van der Waals surface area (Å²) >= 11 is 0. The minimum atomic E-state index is -3.97. The van der Waals surface area contributed by atoms with Crippen LogP contribution >= 0.6 is 0 Å². The minimum absolute atomic E-state index is 0.00388. The van der Waals surface area contributed by atoms with Crippen LogP contribution in [-0.2, 0) is 89.2 Å². The zero-order valence-electron chi connectivity index (χ0n) is 78.5. The van der Waals surface area contributed by atoms with E-state index in [9.17, 15) is 91.6 Å². The number of carbonyl (C=O) groups is 5. The molecule has 0 spiro atoms. The number of piperidine rings is 1. The van der Waals surface area contributed by atoms with Crippen LogP contribution in [0.25, 0.3) is 0 Å². The van der Waals surface area contributed by atoms with Crippen LogP contribution in [0.1, 0.15) is 135 Å². The van der Waals surface area contributed by atoms with Crippen molar-refractivity contribution in [2.45, 2.75) is 273 Å². The predicted octanol–water partition coefficient (Wildman–Crippen LogP) is -12.6. The zero-order chi connectivity index (χ0) is 103. The van der Waals surface area contributed by atoms with Crippen molar-refractivity contribution in [1.82, 2.24) is 48.4 Å². The lowest BCUT2D eigenvalue weighted by Crippen LogP contribution is -2.57. The summed E-state index contributed by atoms with van der Waals surface area (Å²) in [5, 5.41) is 141. The van der Waals surface area contributed by atoms with Gasteiger partial charge in [-0.2, -0.15) is 85.1 Å². The first-order valence-electron chi connectivity index (χ1n) is 47.8. The molecule has 796 valence electrons. The third kappa shape index (κ3) is 28.4. The van der Waals surface area contributed by atoms with Gasteiger partial charge in [0.05, 0.1) is 31.9 Å². The number of likely N-dealkylation sites (N-methyl/N-ethyl adjacent to an activating group) is 1. The first-order chi connectivity index (χ1) is 64.8. The molecule has 5 saturated carbocycles. The molecular weight excluding hydrogens is 1940 g/mol. The smallest absolute Gasteiger partial charge is 0.451 e. The molecule has 14 aliphatic rings. The molecular formula is C75H148B5N21O33S5. The largest absolute Gasteiger partial charge is 0.480 e. The van der Waals surface area contributed by atoms with Gasteiger partial charge in [0.25, 0.3) is 51.0 Å². The summed E-state index contributed by atoms with van der Waals surface area (Å²) in [6.07, 6.45) is 10.9. The molecule has 139 heavy (non-hydrogen) atoms. The van der Waals surface area contributed by atoms with Crippen molar-refractivity contribution >= 4 is 116 Å². The van der Waals surface area contributed by atoms with E-state index >= 15 is 0 Å². The molecule has 14 fully saturated rings. The van der Waals surface area contributed by atoms with E-state index in [0.29, 0.717) is 142 Å². The van der Waals surface area contributed by atoms with Crippen LogP contribution in [0.15, 0.2) is 0 Å². The van der Waals surface area contributed by atoms with Gasteiger partial charge in [-0.05, 0) is 153 Å². The van der Waals surface area contributed by atoms with Gasteiger partial charge in [-0.25, -0.2) is 0 Å². The molecule has 0 radical (unpaired) electrons. The highest BCUT2D eigenvalue weighted by Crippen LogP contribution is 2.46. The number of nitrogens with two attached hydrogens (primary N) is 10. The van der Waals surface area contributed by atoms with Crippen LogP contribution < -0.4 is 62.7 Å². The van der Waals surface area contributed by atoms with Crippen molar-refractivity contribution in [3.8, 4) is 0 Å². The lowest BCUT2D eigenvalue weighted by Gasteiger charge is -2.36. The SMILES string of the molecule is CN(C1COCC1N)S(=O)(=O)N1C[C@H](CCCB(O)O)[C@](N)(C(=O)O)C1.NC1CC1N(C1CCNCC1)S(=O)(=O)N1C[C@H](CCCB(O)O)[C@](N)(C(=O)O)C1.NC1CC1N(C1CCOC1)S(=O)(=O)N1C[C@H](CCCB(O)O)[C@](N)(C(=O)O)C1.NC1CC1N(C1CCOCC1)S(=O)(=O)N1C[C@H](CCCB(O)O)[C@](N)(C(=O)O)C1.NC1CC1N(CC1CC1)S(=O)(=O)N1C[C@H](CCCB(O)O)[C@](N)(C(=O)O)C1. The monoisotopic (exact) mass is 2090 g/mol. The Labute approximate surface area is 813 Å². The van der Waals surface area contributed by atoms with Gasteiger partial charge in [-0.15, -0.1) is 0 Å². The first-order valence-corrected chi connectivity index (χ1v) is 54.7. The molecule has 0 aromatic rings. The van der Waals surface area contributed by atoms with Gasteiger partial charge in [-0.1, -0.05) is 32.1 Å². The third-order valence-electron chi connectivity index (χ3n) is 29.9. The number of hydrogen-bond acceptors (Lipinski definition) is 39. The Morgan fingerprint density at radius 3 is 0.863 bits per heavy atom. The van der Waals surface area contributed by atoms with Crippen LogP contribution in [0.4, 0.5) is 0 Å². The normalized spacial score (nSPS) is 34.3. The number of aliphatic carboxylic acids is 5. The fraction of sp³-hybridized carbons (Fsp3) is 0.933. The topological polar surface area (TPSA) is 892 Å². The van der Waals surface area contributed by atoms with Gasteiger partial charge in [0.15, 0.2) is 0 Å². The highest BCUT2D eigenvalue weighted by atomic mass is 32.2. The second-order valence-corrected chi connectivity index (χ2v) is 49.6. The highest BCUT2D eigenvalue weighted by Gasteiger charge is 2.63. The summed E-state index contributed by atoms with van der Waals surface area (Å²) in [7, 11) is -25.7. The Hall–Kier alpha value is -3.94. The average molecular weight is 2090 g/mol. The van der Waals surface area contributed by atoms with E-state index < -0.39 is 186 Å². The van der Waals surface area contributed by atoms with Gasteiger partial charge in [-0.3, -0.25) is 24.0 Å². The molecule has 21 atom stereocenters. The summed E-state index contributed by atoms with van der Waals surface area (Å²) in [5.41, 5.74) is 51.7. The molecule has 36 N–H and O–H groups in total. The molecule has 0 aromatic carbocycles. The lowest BCUT2D eigenvalue weighted by atomic mass is 9.78. The van der Waals surface area contributed by atoms with E-state index in [4.69, 9.17) is 122 Å². The molecule has 0 amide bonds. The van der Waals surface area contributed by atoms with Crippen LogP contribution in [0.5, 0.6) is 0 Å². The minimum Gasteiger partial charge on any atom is -0.480 e. The van der Waals surface area contributed by atoms with Crippen molar-refractivity contribution in [3.63, 3.8) is 0 Å². The zero-order valence-corrected chi connectivity index (χ0v) is 82.6. The highest BCUT2D eigenvalue weighted by molar-refractivity contribution is 7.88. The maximum absolute atomic E-state index is 13.5. The molecule has 11 unspecified atom stereocenters. The van der Waals surface area contributed by atoms with Crippen molar-refractivity contribution in [1.29, 1.82) is 0 Å². The molecule has 0 bridgehead atoms. The number of ether oxygens (including phenoxy) is 3. The summed E-state index contributed by atoms with van der Waals surface area (Å²) in [5.74, 6) is -9.07. The Morgan fingerprint density at radius 2 is 0.612 bits per heavy atom. The summed E-state index contributed by atoms with van der Waals surface area (Å²) in [6, 6.07) is -3.61. The quantitative estimate of drug-likeness (QED) is 0.0252. The average Bonchev–Trinajstić information content (AvgIpc) is 1.58. The Balaban J connectivity index is 0.000000179. The molecule has 9 aliphatic heterocycles. The van der Waals surface area contributed by atoms with Crippen LogP contribution in [0.2, 0.25) is 31.6 Å². The number of hydrogen-bond donors (Lipinski definition) is 26. The van der Waals surface area contributed by atoms with E-state index in [1.165, 1.54) is 37.2 Å². The summed E-state index contributed by atoms with van der Waals surface area (Å²) < 4.78 is 162. The molecule has 0 aromatic heterocycles. The van der Waals surface area contributed by atoms with E-state index in [0.717, 1.165) is 38.8 Å². The van der Waals surface area contributed by atoms with Crippen molar-refractivity contribution in [2.24, 2.45) is 92.8 Å². The predicted molar refractivity (Wildman–Crippen MR) is 504 cm³/mol. The Kier molecular flexibility index (Phi) is 40.5. The van der Waals surface area contributed by atoms with E-state index in [2.05, 4.69) is 5.32 Å². The molecule has 9 saturated heterocycles. The number of rotatable bonds is 45. The second kappa shape index (κ2) is 48.1. The molecule has 64 heteroatoms. The summed E-state index contributed by atoms with van der Waals surface area (Å²) in [4.78, 5) is 59.1. The Morgan fingerprint density at radius 1 is 0.345 bits per heavy atom. The van der Waals surface area contributed by atoms with Gasteiger partial charge in [0.2, 0.25) is 0 Å². The first kappa shape index (κ1) is 117. The van der Waals surface area contributed by atoms with Gasteiger partial charge < -0.3 is 153 Å². The van der Waals surface area contributed by atoms with Crippen LogP contribution in [-0.4, -0.2) is 464 Å². The molecule has 54 nitrogen and oxygen atoms in total. The van der Waals surface area contributed by atoms with Gasteiger partial charge >= 0.3 is 65.4 Å². The molecule has 5 aliphatic carbocycles. The maximum atomic E-state index is 13.5. The number of nitrogens with one attached hydrogen (secondary N) is 1. The van der Waals surface area contributed by atoms with Gasteiger partial charge in [0.1, 0.15) is 27.7 Å². The van der Waals surface area contributed by atoms with Crippen molar-refractivity contribution in [3.05, 3.63) is 0 Å².